The lowest BCUT2D eigenvalue weighted by molar-refractivity contribution is -0.137. The summed E-state index contributed by atoms with van der Waals surface area (Å²) in [5.74, 6) is 0.385. The molecule has 1 aromatic carbocycles. The summed E-state index contributed by atoms with van der Waals surface area (Å²) in [5, 5.41) is 0.0710. The fourth-order valence-corrected chi connectivity index (χ4v) is 8.68. The van der Waals surface area contributed by atoms with Crippen molar-refractivity contribution in [2.75, 3.05) is 0 Å². The van der Waals surface area contributed by atoms with Gasteiger partial charge in [0.25, 0.3) is 0 Å². The Balaban J connectivity index is 1.57. The molecular weight excluding hydrogens is 539 g/mol. The second kappa shape index (κ2) is 9.65. The van der Waals surface area contributed by atoms with Crippen molar-refractivity contribution in [3.8, 4) is 0 Å². The van der Waals surface area contributed by atoms with Gasteiger partial charge in [-0.1, -0.05) is 66.0 Å². The predicted octanol–water partition coefficient (Wildman–Crippen LogP) is 10.3. The van der Waals surface area contributed by atoms with Crippen LogP contribution in [-0.2, 0) is 27.4 Å². The molecule has 0 radical (unpaired) electrons. The minimum atomic E-state index is -4.36. The van der Waals surface area contributed by atoms with Crippen molar-refractivity contribution in [3.63, 3.8) is 0 Å². The molecule has 2 unspecified atom stereocenters. The lowest BCUT2D eigenvalue weighted by atomic mass is 9.69. The molecule has 1 aromatic heterocycles. The highest BCUT2D eigenvalue weighted by atomic mass is 28.4. The highest BCUT2D eigenvalue weighted by Gasteiger charge is 2.54. The highest BCUT2D eigenvalue weighted by molar-refractivity contribution is 6.74. The molecule has 2 fully saturated rings. The number of ether oxygens (including phenoxy) is 1. The van der Waals surface area contributed by atoms with E-state index in [9.17, 15) is 13.2 Å². The SMILES string of the molecule is CC1(C)Cc2nc(C3CCC3)c3c(c2C(O[Si](C)(C)C(C)(C)C)C1)C1(CCCC1)OC3c1ccc(C(F)(F)F)cc1. The summed E-state index contributed by atoms with van der Waals surface area (Å²) >= 11 is 0. The van der Waals surface area contributed by atoms with Crippen LogP contribution in [-0.4, -0.2) is 13.3 Å². The molecule has 6 rings (SSSR count). The van der Waals surface area contributed by atoms with E-state index in [0.29, 0.717) is 5.92 Å². The summed E-state index contributed by atoms with van der Waals surface area (Å²) in [7, 11) is -2.12. The maximum absolute atomic E-state index is 13.5. The highest BCUT2D eigenvalue weighted by Crippen LogP contribution is 2.61. The van der Waals surface area contributed by atoms with Crippen LogP contribution in [0.3, 0.4) is 0 Å². The minimum Gasteiger partial charge on any atom is -0.410 e. The number of nitrogens with zero attached hydrogens (tertiary/aromatic N) is 1. The Morgan fingerprint density at radius 3 is 2.12 bits per heavy atom. The first-order valence-corrected chi connectivity index (χ1v) is 18.5. The van der Waals surface area contributed by atoms with E-state index in [1.54, 1.807) is 12.1 Å². The maximum atomic E-state index is 13.5. The van der Waals surface area contributed by atoms with Gasteiger partial charge in [-0.25, -0.2) is 0 Å². The number of rotatable bonds is 4. The van der Waals surface area contributed by atoms with E-state index in [1.807, 2.05) is 0 Å². The van der Waals surface area contributed by atoms with Crippen molar-refractivity contribution < 1.29 is 22.3 Å². The smallest absolute Gasteiger partial charge is 0.410 e. The molecule has 224 valence electrons. The Morgan fingerprint density at radius 2 is 1.59 bits per heavy atom. The van der Waals surface area contributed by atoms with Gasteiger partial charge in [-0.15, -0.1) is 0 Å². The maximum Gasteiger partial charge on any atom is 0.416 e. The number of pyridine rings is 1. The number of hydrogen-bond acceptors (Lipinski definition) is 3. The van der Waals surface area contributed by atoms with E-state index < -0.39 is 31.8 Å². The molecule has 1 aliphatic heterocycles. The van der Waals surface area contributed by atoms with Gasteiger partial charge in [-0.05, 0) is 85.3 Å². The summed E-state index contributed by atoms with van der Waals surface area (Å²) in [5.41, 5.74) is 5.83. The number of benzene rings is 1. The van der Waals surface area contributed by atoms with E-state index in [-0.39, 0.29) is 16.6 Å². The molecule has 0 saturated heterocycles. The first-order chi connectivity index (χ1) is 19.0. The predicted molar refractivity (Wildman–Crippen MR) is 158 cm³/mol. The molecule has 1 spiro atoms. The zero-order valence-corrected chi connectivity index (χ0v) is 26.8. The van der Waals surface area contributed by atoms with Crippen LogP contribution in [0.2, 0.25) is 18.1 Å². The monoisotopic (exact) mass is 585 g/mol. The number of aromatic nitrogens is 1. The number of alkyl halides is 3. The summed E-state index contributed by atoms with van der Waals surface area (Å²) in [6.07, 6.45) is 4.50. The van der Waals surface area contributed by atoms with Crippen molar-refractivity contribution in [3.05, 3.63) is 63.5 Å². The van der Waals surface area contributed by atoms with E-state index in [1.165, 1.54) is 35.4 Å². The third-order valence-corrected chi connectivity index (χ3v) is 15.3. The normalized spacial score (nSPS) is 25.7. The second-order valence-corrected chi connectivity index (χ2v) is 20.3. The molecule has 2 heterocycles. The molecule has 2 atom stereocenters. The van der Waals surface area contributed by atoms with Crippen molar-refractivity contribution >= 4 is 8.32 Å². The van der Waals surface area contributed by atoms with Crippen LogP contribution in [0.5, 0.6) is 0 Å². The Hall–Kier alpha value is -1.70. The Bertz CT molecular complexity index is 1320. The Labute approximate surface area is 244 Å². The average Bonchev–Trinajstić information content (AvgIpc) is 3.41. The third kappa shape index (κ3) is 5.02. The number of fused-ring (bicyclic) bond motifs is 4. The molecule has 0 amide bonds. The van der Waals surface area contributed by atoms with Crippen LogP contribution in [0.25, 0.3) is 0 Å². The first kappa shape index (κ1) is 29.4. The standard InChI is InChI=1S/C34H46F3NO2Si/c1-31(2,3)41(6,7)40-25-20-32(4,5)19-24-26(25)28-27(29(38-24)21-11-10-12-21)30(39-33(28)17-8-9-18-33)22-13-15-23(16-14-22)34(35,36)37/h13-16,21,25,30H,8-12,17-20H2,1-7H3. The lowest BCUT2D eigenvalue weighted by Gasteiger charge is -2.45. The van der Waals surface area contributed by atoms with Gasteiger partial charge in [-0.3, -0.25) is 4.98 Å². The van der Waals surface area contributed by atoms with Gasteiger partial charge >= 0.3 is 6.18 Å². The van der Waals surface area contributed by atoms with E-state index in [0.717, 1.165) is 68.2 Å². The van der Waals surface area contributed by atoms with Gasteiger partial charge < -0.3 is 9.16 Å². The largest absolute Gasteiger partial charge is 0.416 e. The van der Waals surface area contributed by atoms with Crippen molar-refractivity contribution in [2.24, 2.45) is 5.41 Å². The van der Waals surface area contributed by atoms with Crippen LogP contribution >= 0.6 is 0 Å². The second-order valence-electron chi connectivity index (χ2n) is 15.5. The van der Waals surface area contributed by atoms with E-state index >= 15 is 0 Å². The molecule has 2 aromatic rings. The van der Waals surface area contributed by atoms with Crippen LogP contribution in [0.4, 0.5) is 13.2 Å². The van der Waals surface area contributed by atoms with Gasteiger partial charge in [0.15, 0.2) is 8.32 Å². The summed E-state index contributed by atoms with van der Waals surface area (Å²) in [4.78, 5) is 5.51. The van der Waals surface area contributed by atoms with Crippen LogP contribution in [0, 0.1) is 5.41 Å². The minimum absolute atomic E-state index is 0.0567. The molecule has 7 heteroatoms. The zero-order chi connectivity index (χ0) is 29.6. The fourth-order valence-electron chi connectivity index (χ4n) is 7.42. The Kier molecular flexibility index (Phi) is 6.91. The topological polar surface area (TPSA) is 31.4 Å². The van der Waals surface area contributed by atoms with Gasteiger partial charge in [-0.2, -0.15) is 13.2 Å². The van der Waals surface area contributed by atoms with Gasteiger partial charge in [0.1, 0.15) is 6.10 Å². The van der Waals surface area contributed by atoms with Crippen LogP contribution < -0.4 is 0 Å². The Morgan fingerprint density at radius 1 is 0.951 bits per heavy atom. The summed E-state index contributed by atoms with van der Waals surface area (Å²) in [6.45, 7) is 16.2. The van der Waals surface area contributed by atoms with Crippen molar-refractivity contribution in [2.45, 2.75) is 140 Å². The molecule has 41 heavy (non-hydrogen) atoms. The third-order valence-electron chi connectivity index (χ3n) is 10.8. The molecule has 3 aliphatic carbocycles. The molecule has 0 N–H and O–H groups in total. The van der Waals surface area contributed by atoms with E-state index in [4.69, 9.17) is 14.1 Å². The molecule has 3 nitrogen and oxygen atoms in total. The molecular formula is C34H46F3NO2Si. The summed E-state index contributed by atoms with van der Waals surface area (Å²) < 4.78 is 54.8. The van der Waals surface area contributed by atoms with Crippen molar-refractivity contribution in [1.29, 1.82) is 0 Å². The van der Waals surface area contributed by atoms with Crippen LogP contribution in [0.1, 0.15) is 143 Å². The number of halogens is 3. The summed E-state index contributed by atoms with van der Waals surface area (Å²) in [6, 6.07) is 5.67. The average molecular weight is 586 g/mol. The number of hydrogen-bond donors (Lipinski definition) is 0. The van der Waals surface area contributed by atoms with Gasteiger partial charge in [0.2, 0.25) is 0 Å². The van der Waals surface area contributed by atoms with Gasteiger partial charge in [0, 0.05) is 22.7 Å². The molecule has 2 saturated carbocycles. The van der Waals surface area contributed by atoms with E-state index in [2.05, 4.69) is 47.7 Å². The fraction of sp³-hybridized carbons (Fsp3) is 0.676. The van der Waals surface area contributed by atoms with Crippen molar-refractivity contribution in [1.82, 2.24) is 4.98 Å². The molecule has 4 aliphatic rings. The first-order valence-electron chi connectivity index (χ1n) is 15.6. The van der Waals surface area contributed by atoms with Gasteiger partial charge in [0.05, 0.1) is 23.0 Å². The zero-order valence-electron chi connectivity index (χ0n) is 25.8. The lowest BCUT2D eigenvalue weighted by Crippen LogP contribution is -2.44. The molecule has 0 bridgehead atoms. The van der Waals surface area contributed by atoms with Crippen LogP contribution in [0.15, 0.2) is 24.3 Å². The quantitative estimate of drug-likeness (QED) is 0.335.